The lowest BCUT2D eigenvalue weighted by molar-refractivity contribution is -0.121. The molecular formula is C27H22F2N4O2S. The molecule has 0 aliphatic carbocycles. The maximum absolute atomic E-state index is 13.6. The first-order valence-corrected chi connectivity index (χ1v) is 12.3. The van der Waals surface area contributed by atoms with Gasteiger partial charge in [-0.05, 0) is 54.4 Å². The van der Waals surface area contributed by atoms with Gasteiger partial charge in [0.2, 0.25) is 5.91 Å². The van der Waals surface area contributed by atoms with Crippen LogP contribution in [0.3, 0.4) is 0 Å². The predicted octanol–water partition coefficient (Wildman–Crippen LogP) is 5.45. The van der Waals surface area contributed by atoms with Gasteiger partial charge in [0.25, 0.3) is 5.91 Å². The van der Waals surface area contributed by atoms with Crippen molar-refractivity contribution in [2.75, 3.05) is 5.32 Å². The van der Waals surface area contributed by atoms with E-state index >= 15 is 0 Å². The number of nitrogens with one attached hydrogen (secondary N) is 1. The van der Waals surface area contributed by atoms with Crippen LogP contribution in [0.4, 0.5) is 14.5 Å². The van der Waals surface area contributed by atoms with Crippen LogP contribution in [-0.4, -0.2) is 33.0 Å². The summed E-state index contributed by atoms with van der Waals surface area (Å²) in [6.45, 7) is 1.96. The number of carbonyl (C=O) groups is 2. The Morgan fingerprint density at radius 1 is 1.00 bits per heavy atom. The third-order valence-electron chi connectivity index (χ3n) is 5.97. The molecule has 3 aromatic carbocycles. The molecule has 1 N–H and O–H groups in total. The number of hydrogen-bond acceptors (Lipinski definition) is 5. The minimum atomic E-state index is -0.676. The molecule has 2 amide bonds. The van der Waals surface area contributed by atoms with Gasteiger partial charge in [-0.3, -0.25) is 9.59 Å². The lowest BCUT2D eigenvalue weighted by Crippen LogP contribution is -2.25. The van der Waals surface area contributed by atoms with Crippen molar-refractivity contribution < 1.29 is 18.4 Å². The summed E-state index contributed by atoms with van der Waals surface area (Å²) >= 11 is 1.18. The van der Waals surface area contributed by atoms with Crippen LogP contribution in [0.25, 0.3) is 0 Å². The van der Waals surface area contributed by atoms with E-state index in [9.17, 15) is 18.4 Å². The quantitative estimate of drug-likeness (QED) is 0.501. The van der Waals surface area contributed by atoms with Gasteiger partial charge in [0.1, 0.15) is 16.9 Å². The summed E-state index contributed by atoms with van der Waals surface area (Å²) in [6.07, 6.45) is 0.428. The van der Waals surface area contributed by atoms with Crippen LogP contribution in [0.15, 0.2) is 82.9 Å². The summed E-state index contributed by atoms with van der Waals surface area (Å²) in [5.41, 5.74) is 3.98. The number of carbonyl (C=O) groups excluding carboxylic acids is 2. The van der Waals surface area contributed by atoms with Crippen molar-refractivity contribution in [1.29, 1.82) is 0 Å². The molecule has 2 aliphatic rings. The molecule has 0 spiro atoms. The molecule has 2 heterocycles. The van der Waals surface area contributed by atoms with Gasteiger partial charge in [0.05, 0.1) is 11.8 Å². The first-order valence-electron chi connectivity index (χ1n) is 11.4. The van der Waals surface area contributed by atoms with E-state index in [0.29, 0.717) is 23.0 Å². The Labute approximate surface area is 211 Å². The molecule has 2 atom stereocenters. The van der Waals surface area contributed by atoms with Gasteiger partial charge in [-0.1, -0.05) is 53.7 Å². The SMILES string of the molecule is Cc1ccc(NC(=O)C[C@@H]2SC(N3N=C(c4ccc(F)cc4)C[C@H]3c3ccc(F)cc3)=NC2=O)cc1. The van der Waals surface area contributed by atoms with Crippen LogP contribution >= 0.6 is 11.8 Å². The summed E-state index contributed by atoms with van der Waals surface area (Å²) in [7, 11) is 0. The number of aryl methyl sites for hydroxylation is 1. The lowest BCUT2D eigenvalue weighted by atomic mass is 9.98. The third kappa shape index (κ3) is 5.21. The topological polar surface area (TPSA) is 74.1 Å². The number of anilines is 1. The molecule has 36 heavy (non-hydrogen) atoms. The normalized spacial score (nSPS) is 19.3. The van der Waals surface area contributed by atoms with Crippen molar-refractivity contribution in [3.63, 3.8) is 0 Å². The number of thioether (sulfide) groups is 1. The van der Waals surface area contributed by atoms with Crippen LogP contribution in [0.2, 0.25) is 0 Å². The number of benzene rings is 3. The molecule has 0 fully saturated rings. The summed E-state index contributed by atoms with van der Waals surface area (Å²) < 4.78 is 27.0. The molecule has 0 radical (unpaired) electrons. The van der Waals surface area contributed by atoms with E-state index in [1.54, 1.807) is 29.3 Å². The number of nitrogens with zero attached hydrogens (tertiary/aromatic N) is 3. The highest BCUT2D eigenvalue weighted by molar-refractivity contribution is 8.15. The standard InChI is InChI=1S/C27H22F2N4O2S/c1-16-2-12-21(13-3-16)30-25(34)15-24-26(35)31-27(36-24)33-23(18-6-10-20(29)11-7-18)14-22(32-33)17-4-8-19(28)9-5-17/h2-13,23-24H,14-15H2,1H3,(H,30,34)/t23-,24-/m0/s1. The van der Waals surface area contributed by atoms with Crippen molar-refractivity contribution in [3.05, 3.63) is 101 Å². The Morgan fingerprint density at radius 3 is 2.31 bits per heavy atom. The Bertz CT molecular complexity index is 1360. The van der Waals surface area contributed by atoms with E-state index in [2.05, 4.69) is 10.3 Å². The summed E-state index contributed by atoms with van der Waals surface area (Å²) in [6, 6.07) is 19.2. The molecule has 0 aromatic heterocycles. The zero-order valence-corrected chi connectivity index (χ0v) is 20.1. The van der Waals surface area contributed by atoms with Gasteiger partial charge in [0.15, 0.2) is 5.17 Å². The molecule has 3 aromatic rings. The molecule has 0 bridgehead atoms. The Hall–Kier alpha value is -3.85. The van der Waals surface area contributed by atoms with Gasteiger partial charge < -0.3 is 5.32 Å². The molecule has 5 rings (SSSR count). The molecule has 0 unspecified atom stereocenters. The number of amidine groups is 1. The number of halogens is 2. The minimum absolute atomic E-state index is 0.0338. The number of hydrazone groups is 1. The van der Waals surface area contributed by atoms with Gasteiger partial charge >= 0.3 is 0 Å². The molecule has 6 nitrogen and oxygen atoms in total. The second-order valence-corrected chi connectivity index (χ2v) is 9.80. The van der Waals surface area contributed by atoms with E-state index in [4.69, 9.17) is 5.10 Å². The maximum atomic E-state index is 13.6. The average Bonchev–Trinajstić information content (AvgIpc) is 3.45. The largest absolute Gasteiger partial charge is 0.326 e. The zero-order valence-electron chi connectivity index (χ0n) is 19.3. The van der Waals surface area contributed by atoms with E-state index < -0.39 is 11.2 Å². The minimum Gasteiger partial charge on any atom is -0.326 e. The number of amides is 2. The van der Waals surface area contributed by atoms with Crippen LogP contribution in [0.5, 0.6) is 0 Å². The van der Waals surface area contributed by atoms with Gasteiger partial charge in [-0.2, -0.15) is 10.1 Å². The zero-order chi connectivity index (χ0) is 25.2. The highest BCUT2D eigenvalue weighted by Gasteiger charge is 2.39. The molecule has 182 valence electrons. The van der Waals surface area contributed by atoms with Gasteiger partial charge in [-0.15, -0.1) is 0 Å². The highest BCUT2D eigenvalue weighted by atomic mass is 32.2. The van der Waals surface area contributed by atoms with Crippen molar-refractivity contribution >= 4 is 40.1 Å². The second kappa shape index (κ2) is 10.0. The van der Waals surface area contributed by atoms with Crippen LogP contribution in [-0.2, 0) is 9.59 Å². The smallest absolute Gasteiger partial charge is 0.262 e. The number of hydrogen-bond donors (Lipinski definition) is 1. The Kier molecular flexibility index (Phi) is 6.65. The molecule has 2 aliphatic heterocycles. The van der Waals surface area contributed by atoms with Crippen molar-refractivity contribution in [2.45, 2.75) is 31.1 Å². The van der Waals surface area contributed by atoms with E-state index in [0.717, 1.165) is 16.7 Å². The Balaban J connectivity index is 1.35. The van der Waals surface area contributed by atoms with E-state index in [-0.39, 0.29) is 30.0 Å². The first kappa shape index (κ1) is 23.9. The third-order valence-corrected chi connectivity index (χ3v) is 7.12. The molecule has 0 saturated carbocycles. The fourth-order valence-corrected chi connectivity index (χ4v) is 5.13. The van der Waals surface area contributed by atoms with Gasteiger partial charge in [0, 0.05) is 18.5 Å². The van der Waals surface area contributed by atoms with E-state index in [1.807, 2.05) is 31.2 Å². The van der Waals surface area contributed by atoms with Crippen LogP contribution < -0.4 is 5.32 Å². The summed E-state index contributed by atoms with van der Waals surface area (Å²) in [4.78, 5) is 29.5. The molecule has 0 saturated heterocycles. The summed E-state index contributed by atoms with van der Waals surface area (Å²) in [5.74, 6) is -1.40. The number of rotatable bonds is 5. The highest BCUT2D eigenvalue weighted by Crippen LogP contribution is 2.38. The molecule has 9 heteroatoms. The second-order valence-electron chi connectivity index (χ2n) is 8.63. The maximum Gasteiger partial charge on any atom is 0.262 e. The fourth-order valence-electron chi connectivity index (χ4n) is 4.07. The van der Waals surface area contributed by atoms with Crippen LogP contribution in [0, 0.1) is 18.6 Å². The van der Waals surface area contributed by atoms with Gasteiger partial charge in [-0.25, -0.2) is 13.8 Å². The first-order chi connectivity index (χ1) is 17.4. The van der Waals surface area contributed by atoms with Crippen LogP contribution in [0.1, 0.15) is 35.6 Å². The average molecular weight is 505 g/mol. The predicted molar refractivity (Wildman–Crippen MR) is 137 cm³/mol. The fraction of sp³-hybridized carbons (Fsp3) is 0.185. The van der Waals surface area contributed by atoms with Crippen molar-refractivity contribution in [1.82, 2.24) is 5.01 Å². The Morgan fingerprint density at radius 2 is 1.64 bits per heavy atom. The molecular weight excluding hydrogens is 482 g/mol. The van der Waals surface area contributed by atoms with E-state index in [1.165, 1.54) is 36.0 Å². The van der Waals surface area contributed by atoms with Crippen molar-refractivity contribution in [2.24, 2.45) is 10.1 Å². The van der Waals surface area contributed by atoms with Crippen molar-refractivity contribution in [3.8, 4) is 0 Å². The summed E-state index contributed by atoms with van der Waals surface area (Å²) in [5, 5.41) is 8.86. The monoisotopic (exact) mass is 504 g/mol. The lowest BCUT2D eigenvalue weighted by Gasteiger charge is -2.23. The number of aliphatic imine (C=N–C) groups is 1.